The first-order valence-corrected chi connectivity index (χ1v) is 22.7. The number of amides is 4. The predicted molar refractivity (Wildman–Crippen MR) is 248 cm³/mol. The van der Waals surface area contributed by atoms with Gasteiger partial charge in [-0.2, -0.15) is 10.1 Å². The summed E-state index contributed by atoms with van der Waals surface area (Å²) in [5, 5.41) is 35.6. The number of hydrogen-bond acceptors (Lipinski definition) is 10. The molecule has 2 saturated heterocycles. The maximum absolute atomic E-state index is 13.1. The molecule has 0 spiro atoms. The van der Waals surface area contributed by atoms with Crippen LogP contribution in [-0.4, -0.2) is 102 Å². The molecule has 0 aromatic rings. The van der Waals surface area contributed by atoms with Crippen LogP contribution in [0.15, 0.2) is 24.3 Å². The molecule has 14 heteroatoms. The van der Waals surface area contributed by atoms with Crippen LogP contribution in [0.3, 0.4) is 0 Å². The summed E-state index contributed by atoms with van der Waals surface area (Å²) < 4.78 is 10.7. The van der Waals surface area contributed by atoms with Gasteiger partial charge in [0.05, 0.1) is 17.6 Å². The zero-order valence-electron chi connectivity index (χ0n) is 42.5. The summed E-state index contributed by atoms with van der Waals surface area (Å²) in [4.78, 5) is 50.2. The van der Waals surface area contributed by atoms with Gasteiger partial charge in [0.1, 0.15) is 11.2 Å². The fourth-order valence-corrected chi connectivity index (χ4v) is 8.57. The van der Waals surface area contributed by atoms with Crippen LogP contribution >= 0.6 is 0 Å². The van der Waals surface area contributed by atoms with E-state index in [0.717, 1.165) is 12.8 Å². The Hall–Kier alpha value is -3.20. The number of alkyl carbamates (subject to hydrolysis) is 2. The molecule has 2 rings (SSSR count). The van der Waals surface area contributed by atoms with Gasteiger partial charge in [0.15, 0.2) is 0 Å². The summed E-state index contributed by atoms with van der Waals surface area (Å²) in [6.45, 7) is 39.3. The fourth-order valence-electron chi connectivity index (χ4n) is 8.57. The van der Waals surface area contributed by atoms with Crippen LogP contribution in [0, 0.1) is 23.7 Å². The largest absolute Gasteiger partial charge is 0.444 e. The van der Waals surface area contributed by atoms with Gasteiger partial charge in [-0.1, -0.05) is 52.0 Å². The number of nitrogens with zero attached hydrogens (tertiary/aromatic N) is 2. The Morgan fingerprint density at radius 1 is 0.613 bits per heavy atom. The minimum Gasteiger partial charge on any atom is -0.444 e. The van der Waals surface area contributed by atoms with Crippen molar-refractivity contribution in [3.8, 4) is 0 Å². The molecule has 0 unspecified atom stereocenters. The number of rotatable bonds is 14. The second-order valence-electron chi connectivity index (χ2n) is 23.6. The number of ether oxygens (including phenoxy) is 2. The average molecular weight is 879 g/mol. The molecule has 0 aromatic heterocycles. The number of nitrogens with one attached hydrogen (secondary N) is 4. The van der Waals surface area contributed by atoms with E-state index in [4.69, 9.17) is 9.47 Å². The Kier molecular flexibility index (Phi) is 20.3. The minimum atomic E-state index is -0.591. The zero-order chi connectivity index (χ0) is 48.4. The maximum Gasteiger partial charge on any atom is 0.408 e. The molecule has 2 atom stereocenters. The van der Waals surface area contributed by atoms with Crippen molar-refractivity contribution in [3.05, 3.63) is 24.3 Å². The number of piperidine rings is 2. The molecule has 0 aliphatic carbocycles. The molecule has 2 heterocycles. The SMILES string of the molecule is CC(C)C[C@@H](/C=C/C(C)(C)NC(=O)C1CC(C)(C)N(O)C(C)(C)C1)NC(=O)OC(C)(C)C.CC(C)C[C@@H](/C=C/CNC(=O)C1CC(C)(C)N(O)C(C)(C)C1)NC(=O)OC(C)(C)C. The highest BCUT2D eigenvalue weighted by atomic mass is 16.6. The highest BCUT2D eigenvalue weighted by Crippen LogP contribution is 2.41. The van der Waals surface area contributed by atoms with E-state index in [9.17, 15) is 29.6 Å². The molecule has 2 aliphatic heterocycles. The Bertz CT molecular complexity index is 1500. The van der Waals surface area contributed by atoms with E-state index in [1.54, 1.807) is 0 Å². The lowest BCUT2D eigenvalue weighted by molar-refractivity contribution is -0.249. The summed E-state index contributed by atoms with van der Waals surface area (Å²) >= 11 is 0. The Morgan fingerprint density at radius 3 is 1.29 bits per heavy atom. The van der Waals surface area contributed by atoms with Gasteiger partial charge in [-0.05, 0) is 161 Å². The lowest BCUT2D eigenvalue weighted by Gasteiger charge is -2.51. The van der Waals surface area contributed by atoms with E-state index in [2.05, 4.69) is 49.0 Å². The van der Waals surface area contributed by atoms with Crippen LogP contribution in [0.4, 0.5) is 9.59 Å². The maximum atomic E-state index is 13.1. The van der Waals surface area contributed by atoms with E-state index in [-0.39, 0.29) is 35.7 Å². The van der Waals surface area contributed by atoms with E-state index in [1.165, 1.54) is 10.1 Å². The molecule has 0 radical (unpaired) electrons. The van der Waals surface area contributed by atoms with E-state index in [1.807, 2.05) is 135 Å². The lowest BCUT2D eigenvalue weighted by atomic mass is 9.74. The monoisotopic (exact) mass is 879 g/mol. The Balaban J connectivity index is 0.000000621. The number of hydrogen-bond donors (Lipinski definition) is 6. The van der Waals surface area contributed by atoms with Crippen molar-refractivity contribution >= 4 is 24.0 Å². The summed E-state index contributed by atoms with van der Waals surface area (Å²) in [6, 6.07) is -0.358. The van der Waals surface area contributed by atoms with E-state index >= 15 is 0 Å². The first-order valence-electron chi connectivity index (χ1n) is 22.7. The summed E-state index contributed by atoms with van der Waals surface area (Å²) in [7, 11) is 0. The second-order valence-corrected chi connectivity index (χ2v) is 23.6. The molecule has 2 fully saturated rings. The quantitative estimate of drug-likeness (QED) is 0.0921. The average Bonchev–Trinajstić information content (AvgIpc) is 3.04. The predicted octanol–water partition coefficient (Wildman–Crippen LogP) is 9.29. The van der Waals surface area contributed by atoms with Crippen LogP contribution in [0.1, 0.15) is 177 Å². The first kappa shape index (κ1) is 56.8. The molecule has 0 saturated carbocycles. The van der Waals surface area contributed by atoms with Crippen LogP contribution in [-0.2, 0) is 19.1 Å². The minimum absolute atomic E-state index is 0.00517. The lowest BCUT2D eigenvalue weighted by Crippen LogP contribution is -2.61. The van der Waals surface area contributed by atoms with Gasteiger partial charge in [-0.15, -0.1) is 0 Å². The van der Waals surface area contributed by atoms with Crippen molar-refractivity contribution < 1.29 is 39.1 Å². The molecule has 360 valence electrons. The molecule has 2 aliphatic rings. The van der Waals surface area contributed by atoms with E-state index in [0.29, 0.717) is 44.1 Å². The second kappa shape index (κ2) is 22.1. The van der Waals surface area contributed by atoms with Gasteiger partial charge in [-0.25, -0.2) is 9.59 Å². The van der Waals surface area contributed by atoms with E-state index < -0.39 is 51.1 Å². The third-order valence-corrected chi connectivity index (χ3v) is 10.8. The molecule has 0 aromatic carbocycles. The molecule has 0 bridgehead atoms. The van der Waals surface area contributed by atoms with Gasteiger partial charge >= 0.3 is 12.2 Å². The van der Waals surface area contributed by atoms with Crippen molar-refractivity contribution in [2.75, 3.05) is 6.54 Å². The molecular weight excluding hydrogens is 789 g/mol. The summed E-state index contributed by atoms with van der Waals surface area (Å²) in [5.74, 6) is 0.409. The highest BCUT2D eigenvalue weighted by Gasteiger charge is 2.48. The summed E-state index contributed by atoms with van der Waals surface area (Å²) in [5.41, 5.74) is -3.58. The number of carbonyl (C=O) groups is 4. The third-order valence-electron chi connectivity index (χ3n) is 10.8. The molecule has 62 heavy (non-hydrogen) atoms. The van der Waals surface area contributed by atoms with Crippen LogP contribution in [0.2, 0.25) is 0 Å². The van der Waals surface area contributed by atoms with Crippen molar-refractivity contribution in [1.82, 2.24) is 31.4 Å². The number of carbonyl (C=O) groups excluding carboxylic acids is 4. The third kappa shape index (κ3) is 20.5. The molecule has 14 nitrogen and oxygen atoms in total. The molecule has 6 N–H and O–H groups in total. The smallest absolute Gasteiger partial charge is 0.408 e. The van der Waals surface area contributed by atoms with Gasteiger partial charge in [0, 0.05) is 40.5 Å². The Labute approximate surface area is 376 Å². The van der Waals surface area contributed by atoms with Crippen LogP contribution in [0.5, 0.6) is 0 Å². The number of hydroxylamine groups is 4. The van der Waals surface area contributed by atoms with Crippen LogP contribution in [0.25, 0.3) is 0 Å². The Morgan fingerprint density at radius 2 is 0.952 bits per heavy atom. The van der Waals surface area contributed by atoms with Gasteiger partial charge < -0.3 is 41.2 Å². The topological polar surface area (TPSA) is 182 Å². The normalized spacial score (nSPS) is 20.9. The standard InChI is InChI=1S/C25H47N3O4.C23H43N3O4/c1-17(2)14-19(26-21(30)32-22(3,4)5)12-13-23(6,7)27-20(29)18-15-24(8,9)28(31)25(10,11)16-18;1-16(2)13-18(25-20(28)30-21(3,4)5)11-10-12-24-19(27)17-14-22(6,7)26(29)23(8,9)15-17/h12-13,17-19,31H,14-16H2,1-11H3,(H,26,30)(H,27,29);10-11,16-18,29H,12-15H2,1-9H3,(H,24,27)(H,25,28)/b13-12+;11-10+/t19-;18-/m11/s1. The first-order chi connectivity index (χ1) is 27.8. The summed E-state index contributed by atoms with van der Waals surface area (Å²) in [6.07, 6.45) is 10.7. The molecule has 4 amide bonds. The van der Waals surface area contributed by atoms with Crippen molar-refractivity contribution in [2.45, 2.75) is 228 Å². The van der Waals surface area contributed by atoms with Crippen molar-refractivity contribution in [3.63, 3.8) is 0 Å². The highest BCUT2D eigenvalue weighted by molar-refractivity contribution is 5.80. The molecular formula is C48H90N6O8. The van der Waals surface area contributed by atoms with Gasteiger partial charge in [0.25, 0.3) is 0 Å². The van der Waals surface area contributed by atoms with Gasteiger partial charge in [0.2, 0.25) is 11.8 Å². The van der Waals surface area contributed by atoms with Crippen molar-refractivity contribution in [2.24, 2.45) is 23.7 Å². The van der Waals surface area contributed by atoms with Crippen LogP contribution < -0.4 is 21.3 Å². The fraction of sp³-hybridized carbons (Fsp3) is 0.833. The van der Waals surface area contributed by atoms with Crippen molar-refractivity contribution in [1.29, 1.82) is 0 Å². The van der Waals surface area contributed by atoms with Gasteiger partial charge in [-0.3, -0.25) is 9.59 Å². The zero-order valence-corrected chi connectivity index (χ0v) is 42.5.